The lowest BCUT2D eigenvalue weighted by Gasteiger charge is -2.25. The molecule has 0 aliphatic carbocycles. The van der Waals surface area contributed by atoms with Crippen LogP contribution >= 0.6 is 11.6 Å². The van der Waals surface area contributed by atoms with Gasteiger partial charge < -0.3 is 9.32 Å². The number of carbonyl (C=O) groups excluding carboxylic acids is 1. The van der Waals surface area contributed by atoms with Crippen LogP contribution in [-0.4, -0.2) is 22.3 Å². The van der Waals surface area contributed by atoms with E-state index >= 15 is 0 Å². The fourth-order valence-electron chi connectivity index (χ4n) is 2.55. The fourth-order valence-corrected chi connectivity index (χ4v) is 2.77. The normalized spacial score (nSPS) is 14.7. The first kappa shape index (κ1) is 16.0. The van der Waals surface area contributed by atoms with Crippen molar-refractivity contribution in [3.63, 3.8) is 0 Å². The summed E-state index contributed by atoms with van der Waals surface area (Å²) < 4.78 is 19.3. The second-order valence-corrected chi connectivity index (χ2v) is 7.21. The predicted molar refractivity (Wildman–Crippen MR) is 85.1 cm³/mol. The molecular formula is C17H18ClFN2O2. The number of nitrogens with zero attached hydrogens (tertiary/aromatic N) is 2. The molecule has 122 valence electrons. The van der Waals surface area contributed by atoms with Crippen LogP contribution in [0, 0.1) is 5.82 Å². The van der Waals surface area contributed by atoms with Gasteiger partial charge in [-0.05, 0) is 18.2 Å². The first-order valence-corrected chi connectivity index (χ1v) is 7.86. The summed E-state index contributed by atoms with van der Waals surface area (Å²) >= 11 is 5.83. The number of oxazole rings is 1. The lowest BCUT2D eigenvalue weighted by molar-refractivity contribution is 0.0727. The molecule has 0 bridgehead atoms. The van der Waals surface area contributed by atoms with E-state index in [0.29, 0.717) is 25.4 Å². The molecule has 0 N–H and O–H groups in total. The van der Waals surface area contributed by atoms with Crippen molar-refractivity contribution < 1.29 is 13.6 Å². The summed E-state index contributed by atoms with van der Waals surface area (Å²) in [6, 6.07) is 3.86. The number of hydrogen-bond acceptors (Lipinski definition) is 3. The maximum atomic E-state index is 13.4. The summed E-state index contributed by atoms with van der Waals surface area (Å²) in [6.07, 6.45) is 0.604. The molecule has 0 unspecified atom stereocenters. The van der Waals surface area contributed by atoms with Crippen molar-refractivity contribution in [1.29, 1.82) is 0 Å². The van der Waals surface area contributed by atoms with Gasteiger partial charge in [0.1, 0.15) is 17.3 Å². The number of halogens is 2. The van der Waals surface area contributed by atoms with E-state index in [1.54, 1.807) is 4.90 Å². The average molecular weight is 337 g/mol. The van der Waals surface area contributed by atoms with Crippen molar-refractivity contribution in [1.82, 2.24) is 9.88 Å². The Morgan fingerprint density at radius 3 is 2.74 bits per heavy atom. The molecule has 23 heavy (non-hydrogen) atoms. The minimum absolute atomic E-state index is 0.178. The third kappa shape index (κ3) is 3.24. The van der Waals surface area contributed by atoms with E-state index < -0.39 is 5.82 Å². The van der Waals surface area contributed by atoms with Crippen LogP contribution in [0.15, 0.2) is 22.6 Å². The zero-order valence-corrected chi connectivity index (χ0v) is 14.1. The zero-order chi connectivity index (χ0) is 16.8. The molecule has 0 atom stereocenters. The van der Waals surface area contributed by atoms with Crippen molar-refractivity contribution in [3.05, 3.63) is 51.9 Å². The second kappa shape index (κ2) is 5.64. The Morgan fingerprint density at radius 2 is 2.09 bits per heavy atom. The van der Waals surface area contributed by atoms with Crippen molar-refractivity contribution in [2.45, 2.75) is 39.2 Å². The van der Waals surface area contributed by atoms with Crippen LogP contribution in [0.1, 0.15) is 48.5 Å². The SMILES string of the molecule is CC(C)(C)c1nc2c(o1)CCN(C(=O)c1cc(F)cc(Cl)c1)C2. The molecule has 0 spiro atoms. The molecule has 0 saturated carbocycles. The topological polar surface area (TPSA) is 46.3 Å². The highest BCUT2D eigenvalue weighted by molar-refractivity contribution is 6.31. The van der Waals surface area contributed by atoms with Crippen LogP contribution in [-0.2, 0) is 18.4 Å². The monoisotopic (exact) mass is 336 g/mol. The smallest absolute Gasteiger partial charge is 0.254 e. The summed E-state index contributed by atoms with van der Waals surface area (Å²) in [6.45, 7) is 6.96. The standard InChI is InChI=1S/C17H18ClFN2O2/c1-17(2,3)16-20-13-9-21(5-4-14(13)23-16)15(22)10-6-11(18)8-12(19)7-10/h6-8H,4-5,9H2,1-3H3. The number of benzene rings is 1. The van der Waals surface area contributed by atoms with E-state index in [9.17, 15) is 9.18 Å². The summed E-state index contributed by atoms with van der Waals surface area (Å²) in [5.74, 6) is 0.731. The number of carbonyl (C=O) groups is 1. The quantitative estimate of drug-likeness (QED) is 0.791. The van der Waals surface area contributed by atoms with E-state index in [0.717, 1.165) is 11.5 Å². The van der Waals surface area contributed by atoms with Crippen LogP contribution in [0.4, 0.5) is 4.39 Å². The number of hydrogen-bond donors (Lipinski definition) is 0. The summed E-state index contributed by atoms with van der Waals surface area (Å²) in [4.78, 5) is 18.7. The number of amides is 1. The maximum Gasteiger partial charge on any atom is 0.254 e. The number of rotatable bonds is 1. The minimum atomic E-state index is -0.519. The summed E-state index contributed by atoms with van der Waals surface area (Å²) in [5.41, 5.74) is 0.845. The van der Waals surface area contributed by atoms with Gasteiger partial charge in [0.25, 0.3) is 5.91 Å². The molecule has 0 fully saturated rings. The van der Waals surface area contributed by atoms with Gasteiger partial charge in [-0.15, -0.1) is 0 Å². The van der Waals surface area contributed by atoms with Crippen LogP contribution in [0.5, 0.6) is 0 Å². The van der Waals surface area contributed by atoms with Gasteiger partial charge in [-0.25, -0.2) is 9.37 Å². The van der Waals surface area contributed by atoms with Gasteiger partial charge in [-0.3, -0.25) is 4.79 Å². The van der Waals surface area contributed by atoms with Crippen molar-refractivity contribution >= 4 is 17.5 Å². The molecule has 1 amide bonds. The van der Waals surface area contributed by atoms with Gasteiger partial charge in [0.2, 0.25) is 0 Å². The Bertz CT molecular complexity index is 744. The zero-order valence-electron chi connectivity index (χ0n) is 13.3. The third-order valence-electron chi connectivity index (χ3n) is 3.77. The predicted octanol–water partition coefficient (Wildman–Crippen LogP) is 3.96. The molecular weight excluding hydrogens is 319 g/mol. The molecule has 0 saturated heterocycles. The molecule has 3 rings (SSSR count). The Kier molecular flexibility index (Phi) is 3.92. The van der Waals surface area contributed by atoms with Gasteiger partial charge in [0, 0.05) is 29.0 Å². The van der Waals surface area contributed by atoms with Gasteiger partial charge in [0.15, 0.2) is 5.89 Å². The number of aromatic nitrogens is 1. The Balaban J connectivity index is 1.84. The summed E-state index contributed by atoms with van der Waals surface area (Å²) in [5, 5.41) is 0.211. The van der Waals surface area contributed by atoms with E-state index in [1.165, 1.54) is 18.2 Å². The first-order chi connectivity index (χ1) is 10.7. The molecule has 1 aromatic heterocycles. The Hall–Kier alpha value is -1.88. The second-order valence-electron chi connectivity index (χ2n) is 6.77. The lowest BCUT2D eigenvalue weighted by Crippen LogP contribution is -2.35. The van der Waals surface area contributed by atoms with Crippen molar-refractivity contribution in [2.75, 3.05) is 6.54 Å². The van der Waals surface area contributed by atoms with Gasteiger partial charge in [-0.2, -0.15) is 0 Å². The first-order valence-electron chi connectivity index (χ1n) is 7.48. The highest BCUT2D eigenvalue weighted by atomic mass is 35.5. The van der Waals surface area contributed by atoms with Crippen LogP contribution in [0.3, 0.4) is 0 Å². The van der Waals surface area contributed by atoms with Gasteiger partial charge in [-0.1, -0.05) is 32.4 Å². The lowest BCUT2D eigenvalue weighted by atomic mass is 9.97. The third-order valence-corrected chi connectivity index (χ3v) is 3.98. The number of fused-ring (bicyclic) bond motifs is 1. The molecule has 1 aliphatic rings. The van der Waals surface area contributed by atoms with Crippen LogP contribution in [0.2, 0.25) is 5.02 Å². The van der Waals surface area contributed by atoms with E-state index in [4.69, 9.17) is 16.0 Å². The molecule has 1 aromatic carbocycles. The molecule has 6 heteroatoms. The highest BCUT2D eigenvalue weighted by Crippen LogP contribution is 2.28. The minimum Gasteiger partial charge on any atom is -0.445 e. The van der Waals surface area contributed by atoms with Crippen LogP contribution in [0.25, 0.3) is 0 Å². The Morgan fingerprint density at radius 1 is 1.35 bits per heavy atom. The molecule has 4 nitrogen and oxygen atoms in total. The Labute approximate surface area is 139 Å². The highest BCUT2D eigenvalue weighted by Gasteiger charge is 2.29. The largest absolute Gasteiger partial charge is 0.445 e. The molecule has 1 aliphatic heterocycles. The van der Waals surface area contributed by atoms with Crippen molar-refractivity contribution in [2.24, 2.45) is 0 Å². The summed E-state index contributed by atoms with van der Waals surface area (Å²) in [7, 11) is 0. The molecule has 2 heterocycles. The van der Waals surface area contributed by atoms with Gasteiger partial charge >= 0.3 is 0 Å². The van der Waals surface area contributed by atoms with Crippen molar-refractivity contribution in [3.8, 4) is 0 Å². The van der Waals surface area contributed by atoms with Gasteiger partial charge in [0.05, 0.1) is 6.54 Å². The van der Waals surface area contributed by atoms with E-state index in [1.807, 2.05) is 20.8 Å². The van der Waals surface area contributed by atoms with Crippen LogP contribution < -0.4 is 0 Å². The molecule has 2 aromatic rings. The maximum absolute atomic E-state index is 13.4. The average Bonchev–Trinajstić information content (AvgIpc) is 2.88. The van der Waals surface area contributed by atoms with E-state index in [2.05, 4.69) is 4.98 Å². The fraction of sp³-hybridized carbons (Fsp3) is 0.412. The molecule has 0 radical (unpaired) electrons. The van der Waals surface area contributed by atoms with E-state index in [-0.39, 0.29) is 21.9 Å².